The number of aliphatic hydroxyl groups is 1. The molecule has 0 fully saturated rings. The number of hydrogen-bond acceptors (Lipinski definition) is 6. The molecule has 0 unspecified atom stereocenters. The molecule has 0 spiro atoms. The number of nitro groups is 1. The maximum absolute atomic E-state index is 10.5. The molecular formula is C13H19NO6. The lowest BCUT2D eigenvalue weighted by molar-refractivity contribution is -0.384. The molecule has 0 heterocycles. The van der Waals surface area contributed by atoms with E-state index < -0.39 is 4.92 Å². The van der Waals surface area contributed by atoms with Crippen molar-refractivity contribution in [3.8, 4) is 0 Å². The van der Waals surface area contributed by atoms with Gasteiger partial charge in [0.05, 0.1) is 51.2 Å². The summed E-state index contributed by atoms with van der Waals surface area (Å²) < 4.78 is 15.6. The van der Waals surface area contributed by atoms with Crippen LogP contribution in [-0.4, -0.2) is 49.7 Å². The molecule has 0 radical (unpaired) electrons. The summed E-state index contributed by atoms with van der Waals surface area (Å²) in [5.74, 6) is 0. The van der Waals surface area contributed by atoms with Crippen LogP contribution in [-0.2, 0) is 20.8 Å². The van der Waals surface area contributed by atoms with Gasteiger partial charge in [0.15, 0.2) is 0 Å². The third kappa shape index (κ3) is 7.15. The van der Waals surface area contributed by atoms with E-state index in [0.29, 0.717) is 39.6 Å². The van der Waals surface area contributed by atoms with Crippen LogP contribution in [0.3, 0.4) is 0 Å². The third-order valence-electron chi connectivity index (χ3n) is 2.40. The number of nitro benzene ring substituents is 1. The van der Waals surface area contributed by atoms with Crippen molar-refractivity contribution in [2.45, 2.75) is 6.61 Å². The van der Waals surface area contributed by atoms with Crippen LogP contribution in [0.2, 0.25) is 0 Å². The molecule has 0 aliphatic heterocycles. The first-order valence-electron chi connectivity index (χ1n) is 6.31. The van der Waals surface area contributed by atoms with E-state index in [4.69, 9.17) is 19.3 Å². The number of rotatable bonds is 11. The molecule has 112 valence electrons. The van der Waals surface area contributed by atoms with Gasteiger partial charge in [0, 0.05) is 12.1 Å². The first-order chi connectivity index (χ1) is 9.74. The zero-order chi connectivity index (χ0) is 14.6. The monoisotopic (exact) mass is 285 g/mol. The molecule has 0 bridgehead atoms. The second kappa shape index (κ2) is 10.3. The van der Waals surface area contributed by atoms with Gasteiger partial charge in [-0.3, -0.25) is 10.1 Å². The van der Waals surface area contributed by atoms with E-state index in [0.717, 1.165) is 5.56 Å². The summed E-state index contributed by atoms with van der Waals surface area (Å²) in [6.45, 7) is 2.52. The molecule has 7 nitrogen and oxygen atoms in total. The van der Waals surface area contributed by atoms with Gasteiger partial charge in [0.25, 0.3) is 5.69 Å². The van der Waals surface area contributed by atoms with Crippen LogP contribution in [0, 0.1) is 10.1 Å². The van der Waals surface area contributed by atoms with E-state index in [2.05, 4.69) is 0 Å². The highest BCUT2D eigenvalue weighted by Gasteiger charge is 2.03. The Balaban J connectivity index is 2.02. The molecule has 1 rings (SSSR count). The molecular weight excluding hydrogens is 266 g/mol. The number of nitrogens with zero attached hydrogens (tertiary/aromatic N) is 1. The smallest absolute Gasteiger partial charge is 0.269 e. The van der Waals surface area contributed by atoms with Gasteiger partial charge in [0.2, 0.25) is 0 Å². The minimum Gasteiger partial charge on any atom is -0.394 e. The van der Waals surface area contributed by atoms with Crippen LogP contribution in [0.5, 0.6) is 0 Å². The molecule has 0 atom stereocenters. The first-order valence-corrected chi connectivity index (χ1v) is 6.31. The number of benzene rings is 1. The van der Waals surface area contributed by atoms with Crippen molar-refractivity contribution in [1.29, 1.82) is 0 Å². The Bertz CT molecular complexity index is 381. The van der Waals surface area contributed by atoms with E-state index in [1.165, 1.54) is 12.1 Å². The summed E-state index contributed by atoms with van der Waals surface area (Å²) in [6, 6.07) is 6.24. The van der Waals surface area contributed by atoms with Crippen molar-refractivity contribution in [3.63, 3.8) is 0 Å². The van der Waals surface area contributed by atoms with Crippen LogP contribution < -0.4 is 0 Å². The lowest BCUT2D eigenvalue weighted by atomic mass is 10.2. The standard InChI is InChI=1S/C13H19NO6/c15-5-6-18-7-8-19-9-10-20-11-12-1-3-13(4-2-12)14(16)17/h1-4,15H,5-11H2. The second-order valence-corrected chi connectivity index (χ2v) is 3.92. The molecule has 0 aliphatic carbocycles. The van der Waals surface area contributed by atoms with Gasteiger partial charge in [-0.25, -0.2) is 0 Å². The lowest BCUT2D eigenvalue weighted by Crippen LogP contribution is -2.10. The summed E-state index contributed by atoms with van der Waals surface area (Å²) in [4.78, 5) is 10.0. The van der Waals surface area contributed by atoms with Crippen molar-refractivity contribution < 1.29 is 24.2 Å². The fraction of sp³-hybridized carbons (Fsp3) is 0.538. The van der Waals surface area contributed by atoms with Crippen molar-refractivity contribution >= 4 is 5.69 Å². The molecule has 1 N–H and O–H groups in total. The predicted molar refractivity (Wildman–Crippen MR) is 71.5 cm³/mol. The molecule has 0 aromatic heterocycles. The zero-order valence-corrected chi connectivity index (χ0v) is 11.2. The number of aliphatic hydroxyl groups excluding tert-OH is 1. The Morgan fingerprint density at radius 3 is 2.05 bits per heavy atom. The van der Waals surface area contributed by atoms with Crippen LogP contribution in [0.1, 0.15) is 5.56 Å². The maximum atomic E-state index is 10.5. The third-order valence-corrected chi connectivity index (χ3v) is 2.40. The van der Waals surface area contributed by atoms with Crippen molar-refractivity contribution in [3.05, 3.63) is 39.9 Å². The highest BCUT2D eigenvalue weighted by Crippen LogP contribution is 2.12. The van der Waals surface area contributed by atoms with Crippen molar-refractivity contribution in [2.24, 2.45) is 0 Å². The SMILES string of the molecule is O=[N+]([O-])c1ccc(COCCOCCOCCO)cc1. The van der Waals surface area contributed by atoms with E-state index in [1.54, 1.807) is 12.1 Å². The Kier molecular flexibility index (Phi) is 8.48. The van der Waals surface area contributed by atoms with Gasteiger partial charge in [-0.15, -0.1) is 0 Å². The van der Waals surface area contributed by atoms with Gasteiger partial charge in [-0.1, -0.05) is 0 Å². The Hall–Kier alpha value is -1.54. The van der Waals surface area contributed by atoms with E-state index in [9.17, 15) is 10.1 Å². The molecule has 0 aliphatic rings. The average molecular weight is 285 g/mol. The minimum absolute atomic E-state index is 0.0123. The summed E-state index contributed by atoms with van der Waals surface area (Å²) in [7, 11) is 0. The van der Waals surface area contributed by atoms with Crippen molar-refractivity contribution in [2.75, 3.05) is 39.6 Å². The second-order valence-electron chi connectivity index (χ2n) is 3.92. The van der Waals surface area contributed by atoms with E-state index in [1.807, 2.05) is 0 Å². The van der Waals surface area contributed by atoms with Gasteiger partial charge in [-0.2, -0.15) is 0 Å². The molecule has 7 heteroatoms. The quantitative estimate of drug-likeness (QED) is 0.372. The average Bonchev–Trinajstić information content (AvgIpc) is 2.46. The number of non-ortho nitro benzene ring substituents is 1. The van der Waals surface area contributed by atoms with Gasteiger partial charge in [-0.05, 0) is 17.7 Å². The normalized spacial score (nSPS) is 10.7. The van der Waals surface area contributed by atoms with Crippen LogP contribution in [0.25, 0.3) is 0 Å². The maximum Gasteiger partial charge on any atom is 0.269 e. The van der Waals surface area contributed by atoms with Gasteiger partial charge >= 0.3 is 0 Å². The lowest BCUT2D eigenvalue weighted by Gasteiger charge is -2.06. The summed E-state index contributed by atoms with van der Waals surface area (Å²) in [5.41, 5.74) is 0.946. The Morgan fingerprint density at radius 2 is 1.50 bits per heavy atom. The number of ether oxygens (including phenoxy) is 3. The molecule has 0 saturated carbocycles. The zero-order valence-electron chi connectivity index (χ0n) is 11.2. The fourth-order valence-electron chi connectivity index (χ4n) is 1.41. The van der Waals surface area contributed by atoms with Crippen LogP contribution in [0.4, 0.5) is 5.69 Å². The first kappa shape index (κ1) is 16.5. The van der Waals surface area contributed by atoms with Crippen LogP contribution in [0.15, 0.2) is 24.3 Å². The van der Waals surface area contributed by atoms with Crippen molar-refractivity contribution in [1.82, 2.24) is 0 Å². The topological polar surface area (TPSA) is 91.1 Å². The van der Waals surface area contributed by atoms with E-state index in [-0.39, 0.29) is 12.3 Å². The Labute approximate surface area is 117 Å². The molecule has 20 heavy (non-hydrogen) atoms. The van der Waals surface area contributed by atoms with E-state index >= 15 is 0 Å². The molecule has 0 saturated heterocycles. The highest BCUT2D eigenvalue weighted by molar-refractivity contribution is 5.32. The largest absolute Gasteiger partial charge is 0.394 e. The van der Waals surface area contributed by atoms with Crippen LogP contribution >= 0.6 is 0 Å². The number of hydrogen-bond donors (Lipinski definition) is 1. The Morgan fingerprint density at radius 1 is 0.950 bits per heavy atom. The summed E-state index contributed by atoms with van der Waals surface area (Å²) in [5, 5.41) is 18.9. The summed E-state index contributed by atoms with van der Waals surface area (Å²) in [6.07, 6.45) is 0. The molecule has 1 aromatic carbocycles. The van der Waals surface area contributed by atoms with Gasteiger partial charge < -0.3 is 19.3 Å². The van der Waals surface area contributed by atoms with Gasteiger partial charge in [0.1, 0.15) is 0 Å². The summed E-state index contributed by atoms with van der Waals surface area (Å²) >= 11 is 0. The fourth-order valence-corrected chi connectivity index (χ4v) is 1.41. The minimum atomic E-state index is -0.433. The molecule has 1 aromatic rings. The predicted octanol–water partition coefficient (Wildman–Crippen LogP) is 1.14. The highest BCUT2D eigenvalue weighted by atomic mass is 16.6. The molecule has 0 amide bonds.